The van der Waals surface area contributed by atoms with Gasteiger partial charge in [0, 0.05) is 13.2 Å². The van der Waals surface area contributed by atoms with Crippen LogP contribution < -0.4 is 5.73 Å². The van der Waals surface area contributed by atoms with Gasteiger partial charge in [-0.2, -0.15) is 5.10 Å². The lowest BCUT2D eigenvalue weighted by atomic mass is 10.2. The van der Waals surface area contributed by atoms with E-state index in [-0.39, 0.29) is 5.82 Å². The van der Waals surface area contributed by atoms with Crippen LogP contribution >= 0.6 is 0 Å². The molecule has 0 saturated carbocycles. The summed E-state index contributed by atoms with van der Waals surface area (Å²) in [6.45, 7) is 9.41. The summed E-state index contributed by atoms with van der Waals surface area (Å²) in [5.41, 5.74) is 5.32. The van der Waals surface area contributed by atoms with E-state index in [1.54, 1.807) is 34.0 Å². The first-order valence-corrected chi connectivity index (χ1v) is 5.32. The normalized spacial score (nSPS) is 10.4. The van der Waals surface area contributed by atoms with E-state index in [1.807, 2.05) is 13.8 Å². The molecule has 2 N–H and O–H groups in total. The number of nitrogen functional groups attached to an aromatic ring is 1. The van der Waals surface area contributed by atoms with Gasteiger partial charge >= 0.3 is 5.97 Å². The zero-order chi connectivity index (χ0) is 12.9. The second-order valence-electron chi connectivity index (χ2n) is 4.10. The van der Waals surface area contributed by atoms with Crippen LogP contribution in [0, 0.1) is 0 Å². The van der Waals surface area contributed by atoms with Crippen molar-refractivity contribution < 1.29 is 9.53 Å². The molecule has 5 nitrogen and oxygen atoms in total. The molecule has 16 heavy (non-hydrogen) atoms. The third kappa shape index (κ3) is 4.33. The van der Waals surface area contributed by atoms with Crippen molar-refractivity contribution in [2.75, 3.05) is 5.73 Å². The molecule has 0 spiro atoms. The molecule has 0 atom stereocenters. The number of aryl methyl sites for hydroxylation is 1. The minimum atomic E-state index is -0.515. The number of anilines is 1. The maximum Gasteiger partial charge on any atom is 0.344 e. The molecule has 0 saturated heterocycles. The lowest BCUT2D eigenvalue weighted by Gasteiger charge is -2.18. The van der Waals surface area contributed by atoms with Gasteiger partial charge in [0.15, 0.2) is 5.82 Å². The Morgan fingerprint density at radius 2 is 1.94 bits per heavy atom. The van der Waals surface area contributed by atoms with Crippen molar-refractivity contribution in [1.82, 2.24) is 9.78 Å². The molecular weight excluding hydrogens is 206 g/mol. The SMILES string of the molecule is CC.Cn1cc(C(=O)OC(C)(C)C)c(N)n1. The third-order valence-corrected chi connectivity index (χ3v) is 1.48. The number of carbonyl (C=O) groups excluding carboxylic acids is 1. The summed E-state index contributed by atoms with van der Waals surface area (Å²) in [7, 11) is 1.70. The monoisotopic (exact) mass is 227 g/mol. The fraction of sp³-hybridized carbons (Fsp3) is 0.636. The molecular formula is C11H21N3O2. The molecule has 0 aromatic carbocycles. The Morgan fingerprint density at radius 1 is 1.44 bits per heavy atom. The number of hydrogen-bond acceptors (Lipinski definition) is 4. The average molecular weight is 227 g/mol. The fourth-order valence-electron chi connectivity index (χ4n) is 0.996. The molecule has 0 aliphatic rings. The summed E-state index contributed by atoms with van der Waals surface area (Å²) < 4.78 is 6.63. The van der Waals surface area contributed by atoms with Crippen LogP contribution in [0.1, 0.15) is 45.0 Å². The van der Waals surface area contributed by atoms with Gasteiger partial charge in [0.2, 0.25) is 0 Å². The van der Waals surface area contributed by atoms with Crippen LogP contribution in [-0.4, -0.2) is 21.4 Å². The second-order valence-corrected chi connectivity index (χ2v) is 4.10. The highest BCUT2D eigenvalue weighted by atomic mass is 16.6. The van der Waals surface area contributed by atoms with Crippen LogP contribution in [-0.2, 0) is 11.8 Å². The van der Waals surface area contributed by atoms with Crippen LogP contribution in [0.5, 0.6) is 0 Å². The molecule has 1 heterocycles. The van der Waals surface area contributed by atoms with Gasteiger partial charge in [-0.15, -0.1) is 0 Å². The molecule has 0 unspecified atom stereocenters. The molecule has 5 heteroatoms. The van der Waals surface area contributed by atoms with Crippen molar-refractivity contribution in [3.8, 4) is 0 Å². The van der Waals surface area contributed by atoms with Gasteiger partial charge in [0.25, 0.3) is 0 Å². The molecule has 1 rings (SSSR count). The van der Waals surface area contributed by atoms with Crippen LogP contribution in [0.2, 0.25) is 0 Å². The highest BCUT2D eigenvalue weighted by Crippen LogP contribution is 2.15. The van der Waals surface area contributed by atoms with Crippen LogP contribution in [0.3, 0.4) is 0 Å². The molecule has 0 aliphatic heterocycles. The highest BCUT2D eigenvalue weighted by molar-refractivity contribution is 5.94. The number of esters is 1. The number of nitrogens with zero attached hydrogens (tertiary/aromatic N) is 2. The quantitative estimate of drug-likeness (QED) is 0.745. The van der Waals surface area contributed by atoms with Crippen LogP contribution in [0.25, 0.3) is 0 Å². The van der Waals surface area contributed by atoms with Crippen molar-refractivity contribution in [2.24, 2.45) is 7.05 Å². The largest absolute Gasteiger partial charge is 0.456 e. The van der Waals surface area contributed by atoms with Gasteiger partial charge in [-0.3, -0.25) is 4.68 Å². The Morgan fingerprint density at radius 3 is 2.25 bits per heavy atom. The van der Waals surface area contributed by atoms with E-state index < -0.39 is 11.6 Å². The summed E-state index contributed by atoms with van der Waals surface area (Å²) in [6, 6.07) is 0. The van der Waals surface area contributed by atoms with Gasteiger partial charge in [-0.05, 0) is 20.8 Å². The zero-order valence-electron chi connectivity index (χ0n) is 10.9. The predicted octanol–water partition coefficient (Wildman–Crippen LogP) is 1.98. The predicted molar refractivity (Wildman–Crippen MR) is 64.1 cm³/mol. The van der Waals surface area contributed by atoms with Crippen molar-refractivity contribution in [3.05, 3.63) is 11.8 Å². The van der Waals surface area contributed by atoms with Gasteiger partial charge in [-0.25, -0.2) is 4.79 Å². The number of carbonyl (C=O) groups is 1. The standard InChI is InChI=1S/C9H15N3O2.C2H6/c1-9(2,3)14-8(13)6-5-12(4)11-7(6)10;1-2/h5H,1-4H3,(H2,10,11);1-2H3. The Bertz CT molecular complexity index is 351. The summed E-state index contributed by atoms with van der Waals surface area (Å²) in [4.78, 5) is 11.5. The minimum absolute atomic E-state index is 0.196. The topological polar surface area (TPSA) is 70.1 Å². The molecule has 0 fully saturated rings. The summed E-state index contributed by atoms with van der Waals surface area (Å²) in [5.74, 6) is -0.246. The van der Waals surface area contributed by atoms with Crippen molar-refractivity contribution >= 4 is 11.8 Å². The van der Waals surface area contributed by atoms with Crippen molar-refractivity contribution in [1.29, 1.82) is 0 Å². The first-order chi connectivity index (χ1) is 7.29. The van der Waals surface area contributed by atoms with E-state index in [4.69, 9.17) is 10.5 Å². The number of aromatic nitrogens is 2. The molecule has 0 amide bonds. The second kappa shape index (κ2) is 5.53. The summed E-state index contributed by atoms with van der Waals surface area (Å²) in [6.07, 6.45) is 1.55. The maximum absolute atomic E-state index is 11.5. The number of hydrogen-bond donors (Lipinski definition) is 1. The van der Waals surface area contributed by atoms with Crippen molar-refractivity contribution in [3.63, 3.8) is 0 Å². The average Bonchev–Trinajstić information content (AvgIpc) is 2.46. The first kappa shape index (κ1) is 14.5. The van der Waals surface area contributed by atoms with Gasteiger partial charge in [-0.1, -0.05) is 13.8 Å². The zero-order valence-corrected chi connectivity index (χ0v) is 10.9. The van der Waals surface area contributed by atoms with Gasteiger partial charge in [0.05, 0.1) is 0 Å². The highest BCUT2D eigenvalue weighted by Gasteiger charge is 2.21. The molecule has 1 aromatic rings. The molecule has 0 radical (unpaired) electrons. The first-order valence-electron chi connectivity index (χ1n) is 5.32. The Hall–Kier alpha value is -1.52. The van der Waals surface area contributed by atoms with E-state index in [0.29, 0.717) is 5.56 Å². The van der Waals surface area contributed by atoms with Crippen molar-refractivity contribution in [2.45, 2.75) is 40.2 Å². The summed E-state index contributed by atoms with van der Waals surface area (Å²) in [5, 5.41) is 3.86. The molecule has 0 bridgehead atoms. The maximum atomic E-state index is 11.5. The molecule has 92 valence electrons. The fourth-order valence-corrected chi connectivity index (χ4v) is 0.996. The Balaban J connectivity index is 0.00000106. The van der Waals surface area contributed by atoms with Gasteiger partial charge < -0.3 is 10.5 Å². The van der Waals surface area contributed by atoms with E-state index >= 15 is 0 Å². The third-order valence-electron chi connectivity index (χ3n) is 1.48. The van der Waals surface area contributed by atoms with E-state index in [2.05, 4.69) is 5.10 Å². The minimum Gasteiger partial charge on any atom is -0.456 e. The number of nitrogens with two attached hydrogens (primary N) is 1. The Kier molecular flexibility index (Phi) is 5.01. The summed E-state index contributed by atoms with van der Waals surface area (Å²) >= 11 is 0. The lowest BCUT2D eigenvalue weighted by molar-refractivity contribution is 0.00707. The van der Waals surface area contributed by atoms with Crippen LogP contribution in [0.4, 0.5) is 5.82 Å². The Labute approximate surface area is 96.6 Å². The van der Waals surface area contributed by atoms with Crippen LogP contribution in [0.15, 0.2) is 6.20 Å². The molecule has 1 aromatic heterocycles. The van der Waals surface area contributed by atoms with E-state index in [0.717, 1.165) is 0 Å². The van der Waals surface area contributed by atoms with E-state index in [9.17, 15) is 4.79 Å². The van der Waals surface area contributed by atoms with E-state index in [1.165, 1.54) is 4.68 Å². The number of ether oxygens (including phenoxy) is 1. The lowest BCUT2D eigenvalue weighted by Crippen LogP contribution is -2.24. The van der Waals surface area contributed by atoms with Gasteiger partial charge in [0.1, 0.15) is 11.2 Å². The number of rotatable bonds is 1. The molecule has 0 aliphatic carbocycles. The smallest absolute Gasteiger partial charge is 0.344 e.